The molecule has 0 bridgehead atoms. The number of rotatable bonds is 7. The van der Waals surface area contributed by atoms with E-state index in [2.05, 4.69) is 5.32 Å². The van der Waals surface area contributed by atoms with Crippen molar-refractivity contribution in [3.05, 3.63) is 71.9 Å². The Hall–Kier alpha value is -3.41. The van der Waals surface area contributed by atoms with Crippen LogP contribution < -0.4 is 5.32 Å². The summed E-state index contributed by atoms with van der Waals surface area (Å²) in [5, 5.41) is 3.57. The number of carbonyl (C=O) groups excluding carboxylic acids is 3. The van der Waals surface area contributed by atoms with E-state index >= 15 is 0 Å². The predicted octanol–water partition coefficient (Wildman–Crippen LogP) is 3.58. The van der Waals surface area contributed by atoms with Gasteiger partial charge in [-0.05, 0) is 44.7 Å². The molecule has 6 nitrogen and oxygen atoms in total. The lowest BCUT2D eigenvalue weighted by atomic mass is 9.94. The smallest absolute Gasteiger partial charge is 0.292 e. The summed E-state index contributed by atoms with van der Waals surface area (Å²) >= 11 is 0. The summed E-state index contributed by atoms with van der Waals surface area (Å²) in [4.78, 5) is 40.5. The average Bonchev–Trinajstić information content (AvgIpc) is 3.42. The molecular weight excluding hydrogens is 402 g/mol. The van der Waals surface area contributed by atoms with Gasteiger partial charge in [0.2, 0.25) is 5.91 Å². The number of amides is 2. The number of fused-ring (bicyclic) bond motifs is 1. The zero-order valence-electron chi connectivity index (χ0n) is 18.6. The number of benzene rings is 2. The molecule has 3 aromatic rings. The average molecular weight is 432 g/mol. The van der Waals surface area contributed by atoms with Crippen molar-refractivity contribution in [2.24, 2.45) is 0 Å². The number of carbonyl (C=O) groups is 3. The SMILES string of the molecule is CC(C)(Cc1ccccc1)NC(=O)C(=O)c1cn(CC(=O)N2CCCC2)c2ccccc12. The van der Waals surface area contributed by atoms with Crippen LogP contribution in [0.2, 0.25) is 0 Å². The van der Waals surface area contributed by atoms with Crippen molar-refractivity contribution in [2.75, 3.05) is 13.1 Å². The molecule has 0 radical (unpaired) electrons. The van der Waals surface area contributed by atoms with E-state index in [9.17, 15) is 14.4 Å². The zero-order chi connectivity index (χ0) is 22.7. The van der Waals surface area contributed by atoms with Crippen LogP contribution >= 0.6 is 0 Å². The maximum atomic E-state index is 13.1. The normalized spacial score (nSPS) is 14.0. The highest BCUT2D eigenvalue weighted by Crippen LogP contribution is 2.23. The third kappa shape index (κ3) is 4.74. The Morgan fingerprint density at radius 1 is 0.938 bits per heavy atom. The van der Waals surface area contributed by atoms with Crippen LogP contribution in [0.4, 0.5) is 0 Å². The van der Waals surface area contributed by atoms with Gasteiger partial charge >= 0.3 is 0 Å². The Kier molecular flexibility index (Phi) is 6.12. The van der Waals surface area contributed by atoms with Gasteiger partial charge < -0.3 is 14.8 Å². The number of para-hydroxylation sites is 1. The molecule has 1 aliphatic rings. The standard InChI is InChI=1S/C26H29N3O3/c1-26(2,16-19-10-4-3-5-11-19)27-25(32)24(31)21-17-29(22-13-7-6-12-20(21)22)18-23(30)28-14-8-9-15-28/h3-7,10-13,17H,8-9,14-16,18H2,1-2H3,(H,27,32). The molecule has 0 atom stereocenters. The van der Waals surface area contributed by atoms with Crippen molar-refractivity contribution < 1.29 is 14.4 Å². The van der Waals surface area contributed by atoms with Crippen molar-refractivity contribution in [3.8, 4) is 0 Å². The van der Waals surface area contributed by atoms with E-state index < -0.39 is 17.2 Å². The van der Waals surface area contributed by atoms with Gasteiger partial charge in [-0.25, -0.2) is 0 Å². The second-order valence-electron chi connectivity index (χ2n) is 9.11. The molecule has 1 N–H and O–H groups in total. The van der Waals surface area contributed by atoms with E-state index in [-0.39, 0.29) is 12.5 Å². The van der Waals surface area contributed by atoms with Crippen LogP contribution in [0.5, 0.6) is 0 Å². The first-order valence-electron chi connectivity index (χ1n) is 11.1. The van der Waals surface area contributed by atoms with Crippen molar-refractivity contribution in [2.45, 2.75) is 45.2 Å². The molecular formula is C26H29N3O3. The number of aromatic nitrogens is 1. The van der Waals surface area contributed by atoms with Crippen LogP contribution in [0.1, 0.15) is 42.6 Å². The number of ketones is 1. The molecule has 2 heterocycles. The predicted molar refractivity (Wildman–Crippen MR) is 124 cm³/mol. The molecule has 0 aliphatic carbocycles. The fourth-order valence-electron chi connectivity index (χ4n) is 4.41. The number of hydrogen-bond acceptors (Lipinski definition) is 3. The monoisotopic (exact) mass is 431 g/mol. The summed E-state index contributed by atoms with van der Waals surface area (Å²) < 4.78 is 1.78. The topological polar surface area (TPSA) is 71.4 Å². The van der Waals surface area contributed by atoms with Crippen LogP contribution in [0, 0.1) is 0 Å². The van der Waals surface area contributed by atoms with Crippen molar-refractivity contribution in [1.82, 2.24) is 14.8 Å². The van der Waals surface area contributed by atoms with Crippen molar-refractivity contribution in [3.63, 3.8) is 0 Å². The molecule has 2 aromatic carbocycles. The molecule has 0 spiro atoms. The summed E-state index contributed by atoms with van der Waals surface area (Å²) in [6, 6.07) is 17.3. The number of Topliss-reactive ketones (excluding diaryl/α,β-unsaturated/α-hetero) is 1. The van der Waals surface area contributed by atoms with Crippen molar-refractivity contribution in [1.29, 1.82) is 0 Å². The molecule has 6 heteroatoms. The Labute approximate surface area is 188 Å². The quantitative estimate of drug-likeness (QED) is 0.459. The second-order valence-corrected chi connectivity index (χ2v) is 9.11. The minimum atomic E-state index is -0.639. The molecule has 4 rings (SSSR count). The van der Waals surface area contributed by atoms with E-state index in [4.69, 9.17) is 0 Å². The minimum Gasteiger partial charge on any atom is -0.344 e. The molecule has 1 aliphatic heterocycles. The Morgan fingerprint density at radius 3 is 2.31 bits per heavy atom. The Bertz CT molecular complexity index is 1140. The number of likely N-dealkylation sites (tertiary alicyclic amines) is 1. The van der Waals surface area contributed by atoms with Gasteiger partial charge in [-0.1, -0.05) is 48.5 Å². The molecule has 32 heavy (non-hydrogen) atoms. The second kappa shape index (κ2) is 8.99. The molecule has 1 saturated heterocycles. The van der Waals surface area contributed by atoms with Gasteiger partial charge in [-0.15, -0.1) is 0 Å². The first-order valence-corrected chi connectivity index (χ1v) is 11.1. The Balaban J connectivity index is 1.54. The minimum absolute atomic E-state index is 0.0377. The maximum Gasteiger partial charge on any atom is 0.292 e. The largest absolute Gasteiger partial charge is 0.344 e. The van der Waals surface area contributed by atoms with Gasteiger partial charge in [-0.2, -0.15) is 0 Å². The zero-order valence-corrected chi connectivity index (χ0v) is 18.6. The van der Waals surface area contributed by atoms with E-state index in [0.29, 0.717) is 17.4 Å². The lowest BCUT2D eigenvalue weighted by molar-refractivity contribution is -0.130. The van der Waals surface area contributed by atoms with E-state index in [0.717, 1.165) is 37.0 Å². The van der Waals surface area contributed by atoms with Gasteiger partial charge in [0.15, 0.2) is 0 Å². The molecule has 0 unspecified atom stereocenters. The highest BCUT2D eigenvalue weighted by Gasteiger charge is 2.28. The maximum absolute atomic E-state index is 13.1. The highest BCUT2D eigenvalue weighted by atomic mass is 16.2. The molecule has 2 amide bonds. The lowest BCUT2D eigenvalue weighted by Crippen LogP contribution is -2.47. The van der Waals surface area contributed by atoms with Gasteiger partial charge in [0.1, 0.15) is 6.54 Å². The number of hydrogen-bond donors (Lipinski definition) is 1. The van der Waals surface area contributed by atoms with Crippen LogP contribution in [-0.4, -0.2) is 45.7 Å². The van der Waals surface area contributed by atoms with Crippen LogP contribution in [0.25, 0.3) is 10.9 Å². The first kappa shape index (κ1) is 21.8. The molecule has 1 aromatic heterocycles. The number of nitrogens with zero attached hydrogens (tertiary/aromatic N) is 2. The van der Waals surface area contributed by atoms with Gasteiger partial charge in [0.25, 0.3) is 11.7 Å². The van der Waals surface area contributed by atoms with E-state index in [1.807, 2.05) is 73.3 Å². The Morgan fingerprint density at radius 2 is 1.59 bits per heavy atom. The first-order chi connectivity index (χ1) is 15.3. The van der Waals surface area contributed by atoms with Crippen molar-refractivity contribution >= 4 is 28.5 Å². The van der Waals surface area contributed by atoms with Gasteiger partial charge in [0.05, 0.1) is 5.56 Å². The molecule has 0 saturated carbocycles. The fraction of sp³-hybridized carbons (Fsp3) is 0.346. The summed E-state index contributed by atoms with van der Waals surface area (Å²) in [5.41, 5.74) is 1.60. The van der Waals surface area contributed by atoms with Crippen LogP contribution in [0.3, 0.4) is 0 Å². The lowest BCUT2D eigenvalue weighted by Gasteiger charge is -2.26. The molecule has 166 valence electrons. The summed E-state index contributed by atoms with van der Waals surface area (Å²) in [5.74, 6) is -1.19. The third-order valence-corrected chi connectivity index (χ3v) is 5.94. The number of nitrogens with one attached hydrogen (secondary N) is 1. The van der Waals surface area contributed by atoms with E-state index in [1.54, 1.807) is 10.8 Å². The fourth-order valence-corrected chi connectivity index (χ4v) is 4.41. The highest BCUT2D eigenvalue weighted by molar-refractivity contribution is 6.45. The van der Waals surface area contributed by atoms with Crippen LogP contribution in [-0.2, 0) is 22.6 Å². The molecule has 1 fully saturated rings. The summed E-state index contributed by atoms with van der Waals surface area (Å²) in [6.45, 7) is 5.53. The van der Waals surface area contributed by atoms with Gasteiger partial charge in [-0.3, -0.25) is 14.4 Å². The van der Waals surface area contributed by atoms with E-state index in [1.165, 1.54) is 0 Å². The van der Waals surface area contributed by atoms with Crippen LogP contribution in [0.15, 0.2) is 60.8 Å². The summed E-state index contributed by atoms with van der Waals surface area (Å²) in [6.07, 6.45) is 4.31. The van der Waals surface area contributed by atoms with Gasteiger partial charge in [0, 0.05) is 35.7 Å². The summed E-state index contributed by atoms with van der Waals surface area (Å²) in [7, 11) is 0. The third-order valence-electron chi connectivity index (χ3n) is 5.94.